The van der Waals surface area contributed by atoms with Gasteiger partial charge in [-0.2, -0.15) is 8.78 Å². The van der Waals surface area contributed by atoms with Crippen molar-refractivity contribution in [3.63, 3.8) is 0 Å². The van der Waals surface area contributed by atoms with Crippen LogP contribution in [0.2, 0.25) is 0 Å². The molecule has 0 aliphatic heterocycles. The Hall–Kier alpha value is -0.640. The minimum absolute atomic E-state index is 0.222. The Morgan fingerprint density at radius 1 is 1.71 bits per heavy atom. The molecule has 0 atom stereocenters. The second-order valence-corrected chi connectivity index (χ2v) is 0.907. The molecule has 4 heteroatoms. The van der Waals surface area contributed by atoms with Gasteiger partial charge in [0.2, 0.25) is 0 Å². The van der Waals surface area contributed by atoms with Gasteiger partial charge in [0.15, 0.2) is 0 Å². The molecule has 0 aliphatic rings. The zero-order chi connectivity index (χ0) is 5.86. The normalized spacial score (nSPS) is 9.14. The van der Waals surface area contributed by atoms with Crippen LogP contribution in [0.5, 0.6) is 0 Å². The monoisotopic (exact) mass is 108 g/mol. The van der Waals surface area contributed by atoms with Crippen LogP contribution in [0, 0.1) is 0 Å². The molecule has 2 N–H and O–H groups in total. The molecule has 0 aromatic rings. The smallest absolute Gasteiger partial charge is 0.260 e. The molecule has 0 unspecified atom stereocenters. The number of halogens is 2. The molecule has 0 saturated heterocycles. The number of hydrogen-bond acceptors (Lipinski definition) is 2. The molecule has 42 valence electrons. The summed E-state index contributed by atoms with van der Waals surface area (Å²) in [5.41, 5.74) is 0. The molecular formula is C3H6F2N2. The van der Waals surface area contributed by atoms with E-state index in [2.05, 4.69) is 12.4 Å². The first-order valence-electron chi connectivity index (χ1n) is 1.62. The molecule has 0 fully saturated rings. The third-order valence-electron chi connectivity index (χ3n) is 0.436. The van der Waals surface area contributed by atoms with Crippen molar-refractivity contribution < 1.29 is 8.78 Å². The zero-order valence-corrected chi connectivity index (χ0v) is 3.64. The highest BCUT2D eigenvalue weighted by atomic mass is 19.3. The second kappa shape index (κ2) is 2.52. The lowest BCUT2D eigenvalue weighted by molar-refractivity contribution is 0.00574. The topological polar surface area (TPSA) is 29.3 Å². The van der Waals surface area contributed by atoms with Crippen molar-refractivity contribution in [2.45, 2.75) is 6.55 Å². The van der Waals surface area contributed by atoms with Crippen molar-refractivity contribution in [1.29, 1.82) is 0 Å². The van der Waals surface area contributed by atoms with E-state index in [1.807, 2.05) is 0 Å². The predicted molar refractivity (Wildman–Crippen MR) is 22.2 cm³/mol. The van der Waals surface area contributed by atoms with Crippen LogP contribution in [0.4, 0.5) is 8.78 Å². The lowest BCUT2D eigenvalue weighted by atomic mass is 10.9. The number of nitrogens with two attached hydrogens (primary N) is 1. The summed E-state index contributed by atoms with van der Waals surface area (Å²) in [5.74, 6) is 4.58. The van der Waals surface area contributed by atoms with E-state index in [1.54, 1.807) is 0 Å². The number of hydrazine groups is 1. The van der Waals surface area contributed by atoms with Crippen LogP contribution in [-0.4, -0.2) is 11.6 Å². The molecule has 0 bridgehead atoms. The van der Waals surface area contributed by atoms with E-state index in [0.29, 0.717) is 0 Å². The summed E-state index contributed by atoms with van der Waals surface area (Å²) >= 11 is 0. The molecule has 7 heavy (non-hydrogen) atoms. The first-order valence-corrected chi connectivity index (χ1v) is 1.62. The molecule has 0 aliphatic carbocycles. The molecule has 0 spiro atoms. The minimum atomic E-state index is -2.64. The Labute approximate surface area is 40.2 Å². The Morgan fingerprint density at radius 2 is 2.14 bits per heavy atom. The summed E-state index contributed by atoms with van der Waals surface area (Å²) in [4.78, 5) is 0. The van der Waals surface area contributed by atoms with Crippen LogP contribution in [-0.2, 0) is 0 Å². The van der Waals surface area contributed by atoms with Crippen LogP contribution < -0.4 is 5.84 Å². The van der Waals surface area contributed by atoms with Gasteiger partial charge in [-0.3, -0.25) is 5.01 Å². The largest absolute Gasteiger partial charge is 0.327 e. The van der Waals surface area contributed by atoms with Crippen molar-refractivity contribution in [3.8, 4) is 0 Å². The van der Waals surface area contributed by atoms with Crippen molar-refractivity contribution in [1.82, 2.24) is 5.01 Å². The molecule has 0 amide bonds. The molecule has 0 aromatic heterocycles. The Kier molecular flexibility index (Phi) is 2.29. The molecule has 2 nitrogen and oxygen atoms in total. The fraction of sp³-hybridized carbons (Fsp3) is 0.333. The third-order valence-corrected chi connectivity index (χ3v) is 0.436. The lowest BCUT2D eigenvalue weighted by Crippen LogP contribution is -2.29. The van der Waals surface area contributed by atoms with E-state index in [4.69, 9.17) is 0 Å². The van der Waals surface area contributed by atoms with Gasteiger partial charge >= 0.3 is 6.55 Å². The zero-order valence-electron chi connectivity index (χ0n) is 3.64. The molecule has 0 radical (unpaired) electrons. The van der Waals surface area contributed by atoms with Crippen LogP contribution in [0.25, 0.3) is 0 Å². The quantitative estimate of drug-likeness (QED) is 0.317. The number of hydrogen-bond donors (Lipinski definition) is 1. The molecular weight excluding hydrogens is 102 g/mol. The van der Waals surface area contributed by atoms with Crippen LogP contribution in [0.15, 0.2) is 12.8 Å². The minimum Gasteiger partial charge on any atom is -0.260 e. The van der Waals surface area contributed by atoms with Gasteiger partial charge < -0.3 is 0 Å². The maximum Gasteiger partial charge on any atom is 0.327 e. The van der Waals surface area contributed by atoms with Gasteiger partial charge in [-0.05, 0) is 0 Å². The maximum absolute atomic E-state index is 11.2. The van der Waals surface area contributed by atoms with E-state index in [0.717, 1.165) is 6.20 Å². The summed E-state index contributed by atoms with van der Waals surface area (Å²) in [6.45, 7) is 0.362. The van der Waals surface area contributed by atoms with Gasteiger partial charge in [0.1, 0.15) is 0 Å². The second-order valence-electron chi connectivity index (χ2n) is 0.907. The standard InChI is InChI=1S/C3H6F2N2/c1-2-7(6)3(4)5/h2-3H,1,6H2. The lowest BCUT2D eigenvalue weighted by Gasteiger charge is -2.08. The van der Waals surface area contributed by atoms with Gasteiger partial charge in [-0.1, -0.05) is 6.58 Å². The van der Waals surface area contributed by atoms with E-state index >= 15 is 0 Å². The molecule has 0 rings (SSSR count). The molecule has 0 aromatic carbocycles. The van der Waals surface area contributed by atoms with Gasteiger partial charge in [-0.15, -0.1) is 0 Å². The average Bonchev–Trinajstić information content (AvgIpc) is 1.65. The fourth-order valence-corrected chi connectivity index (χ4v) is 0.0797. The van der Waals surface area contributed by atoms with Crippen molar-refractivity contribution in [3.05, 3.63) is 12.8 Å². The van der Waals surface area contributed by atoms with Gasteiger partial charge in [0, 0.05) is 6.20 Å². The number of nitrogens with zero attached hydrogens (tertiary/aromatic N) is 1. The number of rotatable bonds is 2. The fourth-order valence-electron chi connectivity index (χ4n) is 0.0797. The number of alkyl halides is 2. The van der Waals surface area contributed by atoms with Gasteiger partial charge in [0.05, 0.1) is 0 Å². The molecule has 0 heterocycles. The van der Waals surface area contributed by atoms with E-state index in [1.165, 1.54) is 0 Å². The van der Waals surface area contributed by atoms with Crippen LogP contribution in [0.3, 0.4) is 0 Å². The summed E-state index contributed by atoms with van der Waals surface area (Å²) in [5, 5.41) is 0.222. The SMILES string of the molecule is C=CN(N)C(F)F. The van der Waals surface area contributed by atoms with Gasteiger partial charge in [-0.25, -0.2) is 5.84 Å². The molecule has 0 saturated carbocycles. The summed E-state index contributed by atoms with van der Waals surface area (Å²) in [6, 6.07) is 0. The Morgan fingerprint density at radius 3 is 2.14 bits per heavy atom. The van der Waals surface area contributed by atoms with Crippen molar-refractivity contribution in [2.75, 3.05) is 0 Å². The summed E-state index contributed by atoms with van der Waals surface area (Å²) < 4.78 is 22.3. The summed E-state index contributed by atoms with van der Waals surface area (Å²) in [7, 11) is 0. The Bertz CT molecular complexity index is 64.0. The van der Waals surface area contributed by atoms with E-state index in [-0.39, 0.29) is 5.01 Å². The first-order chi connectivity index (χ1) is 3.18. The van der Waals surface area contributed by atoms with E-state index < -0.39 is 6.55 Å². The Balaban J connectivity index is 3.33. The van der Waals surface area contributed by atoms with Crippen LogP contribution >= 0.6 is 0 Å². The van der Waals surface area contributed by atoms with Gasteiger partial charge in [0.25, 0.3) is 0 Å². The van der Waals surface area contributed by atoms with E-state index in [9.17, 15) is 8.78 Å². The highest BCUT2D eigenvalue weighted by Crippen LogP contribution is 1.93. The third kappa shape index (κ3) is 2.11. The average molecular weight is 108 g/mol. The summed E-state index contributed by atoms with van der Waals surface area (Å²) in [6.07, 6.45) is 0.852. The predicted octanol–water partition coefficient (Wildman–Crippen LogP) is 0.528. The van der Waals surface area contributed by atoms with Crippen molar-refractivity contribution in [2.24, 2.45) is 5.84 Å². The highest BCUT2D eigenvalue weighted by molar-refractivity contribution is 4.61. The van der Waals surface area contributed by atoms with Crippen LogP contribution in [0.1, 0.15) is 0 Å². The van der Waals surface area contributed by atoms with Crippen molar-refractivity contribution >= 4 is 0 Å². The maximum atomic E-state index is 11.2. The highest BCUT2D eigenvalue weighted by Gasteiger charge is 2.02. The first kappa shape index (κ1) is 6.36.